The molecule has 0 fully saturated rings. The van der Waals surface area contributed by atoms with Gasteiger partial charge >= 0.3 is 0 Å². The van der Waals surface area contributed by atoms with Gasteiger partial charge in [-0.2, -0.15) is 0 Å². The van der Waals surface area contributed by atoms with E-state index in [0.717, 1.165) is 0 Å². The van der Waals surface area contributed by atoms with Crippen molar-refractivity contribution in [3.63, 3.8) is 0 Å². The third-order valence-electron chi connectivity index (χ3n) is 1.39. The normalized spacial score (nSPS) is 12.1. The van der Waals surface area contributed by atoms with Gasteiger partial charge in [0.05, 0.1) is 0 Å². The van der Waals surface area contributed by atoms with Crippen LogP contribution in [0.4, 0.5) is 0 Å². The van der Waals surface area contributed by atoms with Gasteiger partial charge in [-0.3, -0.25) is 4.79 Å². The molecule has 0 aliphatic carbocycles. The van der Waals surface area contributed by atoms with Crippen molar-refractivity contribution in [2.45, 2.75) is 6.23 Å². The summed E-state index contributed by atoms with van der Waals surface area (Å²) in [5, 5.41) is 11.0. The van der Waals surface area contributed by atoms with Crippen LogP contribution in [0.1, 0.15) is 10.4 Å². The summed E-state index contributed by atoms with van der Waals surface area (Å²) >= 11 is 0. The van der Waals surface area contributed by atoms with Crippen LogP contribution in [0.2, 0.25) is 0 Å². The zero-order valence-electron chi connectivity index (χ0n) is 6.18. The van der Waals surface area contributed by atoms with E-state index in [1.54, 1.807) is 18.2 Å². The monoisotopic (exact) mass is 165 g/mol. The minimum absolute atomic E-state index is 0.282. The number of hydrogen-bond donors (Lipinski definition) is 1. The number of benzene rings is 1. The molecule has 1 N–H and O–H groups in total. The molecule has 1 rings (SSSR count). The van der Waals surface area contributed by atoms with E-state index in [1.807, 2.05) is 0 Å². The zero-order valence-corrected chi connectivity index (χ0v) is 6.18. The van der Waals surface area contributed by atoms with Gasteiger partial charge in [0.15, 0.2) is 0 Å². The predicted octanol–water partition coefficient (Wildman–Crippen LogP) is 0.954. The molecule has 1 aromatic carbocycles. The van der Waals surface area contributed by atoms with Crippen molar-refractivity contribution in [1.82, 2.24) is 0 Å². The van der Waals surface area contributed by atoms with Crippen LogP contribution in [-0.2, 0) is 0 Å². The summed E-state index contributed by atoms with van der Waals surface area (Å²) in [6.45, 7) is 0. The molecule has 0 spiro atoms. The molecule has 1 aromatic rings. The molecular formula is C8H7NO3. The number of nitrogens with zero attached hydrogens (tertiary/aromatic N) is 1. The van der Waals surface area contributed by atoms with Crippen molar-refractivity contribution >= 4 is 5.78 Å². The van der Waals surface area contributed by atoms with Gasteiger partial charge in [0.25, 0.3) is 6.23 Å². The average molecular weight is 165 g/mol. The van der Waals surface area contributed by atoms with E-state index < -0.39 is 12.0 Å². The Bertz CT molecular complexity index is 284. The molecule has 62 valence electrons. The summed E-state index contributed by atoms with van der Waals surface area (Å²) in [4.78, 5) is 20.8. The SMILES string of the molecule is O=NC(O)C(=O)c1ccccc1. The first kappa shape index (κ1) is 8.55. The van der Waals surface area contributed by atoms with Crippen LogP contribution in [0, 0.1) is 4.91 Å². The minimum Gasteiger partial charge on any atom is -0.363 e. The molecule has 0 heterocycles. The maximum Gasteiger partial charge on any atom is 0.251 e. The number of Topliss-reactive ketones (excluding diaryl/α,β-unsaturated/α-hetero) is 1. The van der Waals surface area contributed by atoms with Crippen LogP contribution in [0.15, 0.2) is 35.5 Å². The number of aliphatic hydroxyl groups excluding tert-OH is 1. The van der Waals surface area contributed by atoms with Crippen LogP contribution in [0.3, 0.4) is 0 Å². The third-order valence-corrected chi connectivity index (χ3v) is 1.39. The molecule has 0 amide bonds. The second kappa shape index (κ2) is 3.73. The van der Waals surface area contributed by atoms with Gasteiger partial charge in [-0.05, 0) is 5.18 Å². The Hall–Kier alpha value is -1.55. The molecule has 4 nitrogen and oxygen atoms in total. The van der Waals surface area contributed by atoms with Crippen molar-refractivity contribution in [3.05, 3.63) is 40.8 Å². The first-order valence-corrected chi connectivity index (χ1v) is 3.35. The maximum absolute atomic E-state index is 11.0. The number of carbonyl (C=O) groups excluding carboxylic acids is 1. The Morgan fingerprint density at radius 3 is 2.42 bits per heavy atom. The Balaban J connectivity index is 2.85. The van der Waals surface area contributed by atoms with E-state index in [4.69, 9.17) is 5.11 Å². The number of aliphatic hydroxyl groups is 1. The second-order valence-electron chi connectivity index (χ2n) is 2.21. The highest BCUT2D eigenvalue weighted by atomic mass is 16.4. The molecule has 0 aromatic heterocycles. The summed E-state index contributed by atoms with van der Waals surface area (Å²) in [7, 11) is 0. The Kier molecular flexibility index (Phi) is 2.66. The molecular weight excluding hydrogens is 158 g/mol. The topological polar surface area (TPSA) is 66.7 Å². The summed E-state index contributed by atoms with van der Waals surface area (Å²) in [5.41, 5.74) is 0.282. The molecule has 1 unspecified atom stereocenters. The van der Waals surface area contributed by atoms with Crippen molar-refractivity contribution in [3.8, 4) is 0 Å². The van der Waals surface area contributed by atoms with Crippen molar-refractivity contribution in [2.24, 2.45) is 5.18 Å². The van der Waals surface area contributed by atoms with Crippen LogP contribution in [-0.4, -0.2) is 17.1 Å². The van der Waals surface area contributed by atoms with Crippen molar-refractivity contribution in [2.75, 3.05) is 0 Å². The molecule has 0 saturated carbocycles. The zero-order chi connectivity index (χ0) is 8.97. The number of ketones is 1. The summed E-state index contributed by atoms with van der Waals surface area (Å²) in [6.07, 6.45) is -1.78. The number of nitroso groups, excluding NO2 is 1. The van der Waals surface area contributed by atoms with Crippen LogP contribution >= 0.6 is 0 Å². The average Bonchev–Trinajstić information content (AvgIpc) is 2.17. The van der Waals surface area contributed by atoms with Gasteiger partial charge in [0.1, 0.15) is 0 Å². The van der Waals surface area contributed by atoms with E-state index in [0.29, 0.717) is 0 Å². The van der Waals surface area contributed by atoms with Gasteiger partial charge < -0.3 is 5.11 Å². The van der Waals surface area contributed by atoms with E-state index in [2.05, 4.69) is 5.18 Å². The quantitative estimate of drug-likeness (QED) is 0.535. The van der Waals surface area contributed by atoms with Gasteiger partial charge in [-0.1, -0.05) is 30.3 Å². The molecule has 0 aliphatic rings. The lowest BCUT2D eigenvalue weighted by Crippen LogP contribution is -2.16. The summed E-state index contributed by atoms with van der Waals surface area (Å²) < 4.78 is 0. The lowest BCUT2D eigenvalue weighted by molar-refractivity contribution is 0.0761. The van der Waals surface area contributed by atoms with E-state index in [-0.39, 0.29) is 5.56 Å². The Morgan fingerprint density at radius 2 is 1.92 bits per heavy atom. The molecule has 0 aliphatic heterocycles. The number of rotatable bonds is 3. The first-order valence-electron chi connectivity index (χ1n) is 3.35. The van der Waals surface area contributed by atoms with Crippen molar-refractivity contribution in [1.29, 1.82) is 0 Å². The highest BCUT2D eigenvalue weighted by Gasteiger charge is 2.16. The van der Waals surface area contributed by atoms with E-state index in [9.17, 15) is 9.70 Å². The molecule has 12 heavy (non-hydrogen) atoms. The van der Waals surface area contributed by atoms with Gasteiger partial charge in [-0.15, -0.1) is 4.91 Å². The van der Waals surface area contributed by atoms with E-state index >= 15 is 0 Å². The fraction of sp³-hybridized carbons (Fsp3) is 0.125. The standard InChI is InChI=1S/C8H7NO3/c10-7(8(11)9-12)6-4-2-1-3-5-6/h1-5,8,11H. The summed E-state index contributed by atoms with van der Waals surface area (Å²) in [5.74, 6) is -0.675. The van der Waals surface area contributed by atoms with Gasteiger partial charge in [-0.25, -0.2) is 0 Å². The largest absolute Gasteiger partial charge is 0.363 e. The van der Waals surface area contributed by atoms with Crippen LogP contribution in [0.25, 0.3) is 0 Å². The highest BCUT2D eigenvalue weighted by Crippen LogP contribution is 2.03. The van der Waals surface area contributed by atoms with Crippen LogP contribution < -0.4 is 0 Å². The molecule has 0 saturated heterocycles. The minimum atomic E-state index is -1.78. The highest BCUT2D eigenvalue weighted by molar-refractivity contribution is 5.99. The smallest absolute Gasteiger partial charge is 0.251 e. The lowest BCUT2D eigenvalue weighted by atomic mass is 10.1. The third kappa shape index (κ3) is 1.73. The fourth-order valence-corrected chi connectivity index (χ4v) is 0.799. The Morgan fingerprint density at radius 1 is 1.33 bits per heavy atom. The predicted molar refractivity (Wildman–Crippen MR) is 42.6 cm³/mol. The van der Waals surface area contributed by atoms with Crippen LogP contribution in [0.5, 0.6) is 0 Å². The second-order valence-corrected chi connectivity index (χ2v) is 2.21. The van der Waals surface area contributed by atoms with E-state index in [1.165, 1.54) is 12.1 Å². The summed E-state index contributed by atoms with van der Waals surface area (Å²) in [6, 6.07) is 8.04. The van der Waals surface area contributed by atoms with Gasteiger partial charge in [0.2, 0.25) is 5.78 Å². The Labute approximate surface area is 68.8 Å². The molecule has 4 heteroatoms. The molecule has 1 atom stereocenters. The molecule has 0 radical (unpaired) electrons. The fourth-order valence-electron chi connectivity index (χ4n) is 0.799. The molecule has 0 bridgehead atoms. The van der Waals surface area contributed by atoms with Crippen molar-refractivity contribution < 1.29 is 9.90 Å². The first-order chi connectivity index (χ1) is 5.75. The number of carbonyl (C=O) groups is 1. The number of hydrogen-bond acceptors (Lipinski definition) is 4. The lowest BCUT2D eigenvalue weighted by Gasteiger charge is -1.99. The maximum atomic E-state index is 11.0. The van der Waals surface area contributed by atoms with Gasteiger partial charge in [0, 0.05) is 5.56 Å².